The van der Waals surface area contributed by atoms with E-state index >= 15 is 0 Å². The van der Waals surface area contributed by atoms with Gasteiger partial charge in [0.2, 0.25) is 5.95 Å². The zero-order valence-corrected chi connectivity index (χ0v) is 11.3. The summed E-state index contributed by atoms with van der Waals surface area (Å²) in [6.07, 6.45) is 1.11. The summed E-state index contributed by atoms with van der Waals surface area (Å²) in [6.45, 7) is 0. The molecule has 1 aromatic carbocycles. The summed E-state index contributed by atoms with van der Waals surface area (Å²) >= 11 is 0. The van der Waals surface area contributed by atoms with Gasteiger partial charge >= 0.3 is 5.97 Å². The number of fused-ring (bicyclic) bond motifs is 1. The summed E-state index contributed by atoms with van der Waals surface area (Å²) in [7, 11) is -3.91. The van der Waals surface area contributed by atoms with Crippen molar-refractivity contribution in [1.82, 2.24) is 15.0 Å². The number of hydrogen-bond donors (Lipinski definition) is 4. The van der Waals surface area contributed by atoms with Gasteiger partial charge in [-0.15, -0.1) is 0 Å². The van der Waals surface area contributed by atoms with Gasteiger partial charge in [-0.3, -0.25) is 0 Å². The standard InChI is InChI=1S/C12H10N4O4S/c17-11(18)10-5-7(6-13-10)21(19,20)16-12-14-8-3-1-2-4-9(8)15-12/h1-6,13H,(H,17,18)(H2,14,15,16). The molecule has 0 saturated heterocycles. The summed E-state index contributed by atoms with van der Waals surface area (Å²) in [5.41, 5.74) is 1.10. The highest BCUT2D eigenvalue weighted by atomic mass is 32.2. The maximum Gasteiger partial charge on any atom is 0.352 e. The molecule has 0 aliphatic carbocycles. The van der Waals surface area contributed by atoms with E-state index < -0.39 is 16.0 Å². The molecule has 2 heterocycles. The number of H-pyrrole nitrogens is 2. The number of nitrogens with one attached hydrogen (secondary N) is 3. The number of carboxylic acid groups (broad SMARTS) is 1. The zero-order chi connectivity index (χ0) is 15.0. The first-order valence-electron chi connectivity index (χ1n) is 5.85. The number of aromatic amines is 2. The van der Waals surface area contributed by atoms with Gasteiger partial charge in [-0.1, -0.05) is 12.1 Å². The largest absolute Gasteiger partial charge is 0.477 e. The quantitative estimate of drug-likeness (QED) is 0.579. The first-order valence-corrected chi connectivity index (χ1v) is 7.33. The monoisotopic (exact) mass is 306 g/mol. The first kappa shape index (κ1) is 13.2. The van der Waals surface area contributed by atoms with E-state index in [1.807, 2.05) is 0 Å². The molecule has 21 heavy (non-hydrogen) atoms. The fraction of sp³-hybridized carbons (Fsp3) is 0. The molecule has 9 heteroatoms. The molecule has 0 aliphatic rings. The van der Waals surface area contributed by atoms with Crippen LogP contribution in [0.1, 0.15) is 10.5 Å². The topological polar surface area (TPSA) is 128 Å². The Morgan fingerprint density at radius 3 is 2.71 bits per heavy atom. The van der Waals surface area contributed by atoms with E-state index in [0.29, 0.717) is 11.0 Å². The molecule has 0 radical (unpaired) electrons. The van der Waals surface area contributed by atoms with Crippen LogP contribution >= 0.6 is 0 Å². The number of hydrogen-bond acceptors (Lipinski definition) is 4. The van der Waals surface area contributed by atoms with E-state index in [0.717, 1.165) is 12.3 Å². The molecule has 0 aliphatic heterocycles. The van der Waals surface area contributed by atoms with Crippen LogP contribution in [0.25, 0.3) is 11.0 Å². The van der Waals surface area contributed by atoms with Gasteiger partial charge in [0.25, 0.3) is 10.0 Å². The highest BCUT2D eigenvalue weighted by Crippen LogP contribution is 2.18. The van der Waals surface area contributed by atoms with E-state index in [1.54, 1.807) is 24.3 Å². The minimum atomic E-state index is -3.91. The van der Waals surface area contributed by atoms with Crippen molar-refractivity contribution in [3.05, 3.63) is 42.2 Å². The number of anilines is 1. The second-order valence-corrected chi connectivity index (χ2v) is 5.94. The minimum Gasteiger partial charge on any atom is -0.477 e. The van der Waals surface area contributed by atoms with Crippen molar-refractivity contribution in [3.8, 4) is 0 Å². The lowest BCUT2D eigenvalue weighted by Gasteiger charge is -2.01. The number of aromatic nitrogens is 3. The number of sulfonamides is 1. The molecular formula is C12H10N4O4S. The van der Waals surface area contributed by atoms with Gasteiger partial charge in [-0.05, 0) is 18.2 Å². The van der Waals surface area contributed by atoms with Gasteiger partial charge in [0, 0.05) is 6.20 Å². The lowest BCUT2D eigenvalue weighted by Crippen LogP contribution is -2.13. The van der Waals surface area contributed by atoms with E-state index in [1.165, 1.54) is 0 Å². The number of carbonyl (C=O) groups is 1. The number of rotatable bonds is 4. The van der Waals surface area contributed by atoms with Crippen molar-refractivity contribution in [2.75, 3.05) is 4.72 Å². The Balaban J connectivity index is 1.93. The molecule has 0 atom stereocenters. The third-order valence-electron chi connectivity index (χ3n) is 2.82. The van der Waals surface area contributed by atoms with E-state index in [4.69, 9.17) is 5.11 Å². The second-order valence-electron chi connectivity index (χ2n) is 4.26. The van der Waals surface area contributed by atoms with Crippen molar-refractivity contribution in [1.29, 1.82) is 0 Å². The van der Waals surface area contributed by atoms with Crippen LogP contribution in [0.5, 0.6) is 0 Å². The summed E-state index contributed by atoms with van der Waals surface area (Å²) in [5.74, 6) is -1.17. The van der Waals surface area contributed by atoms with Gasteiger partial charge in [-0.25, -0.2) is 22.9 Å². The second kappa shape index (κ2) is 4.63. The molecule has 4 N–H and O–H groups in total. The van der Waals surface area contributed by atoms with Crippen LogP contribution in [0, 0.1) is 0 Å². The van der Waals surface area contributed by atoms with Gasteiger partial charge < -0.3 is 15.1 Å². The number of imidazole rings is 1. The fourth-order valence-electron chi connectivity index (χ4n) is 1.84. The third-order valence-corrected chi connectivity index (χ3v) is 4.14. The number of benzene rings is 1. The summed E-state index contributed by atoms with van der Waals surface area (Å²) in [6, 6.07) is 8.12. The van der Waals surface area contributed by atoms with Crippen LogP contribution in [-0.4, -0.2) is 34.4 Å². The van der Waals surface area contributed by atoms with Crippen LogP contribution in [0.15, 0.2) is 41.4 Å². The average molecular weight is 306 g/mol. The third kappa shape index (κ3) is 2.46. The van der Waals surface area contributed by atoms with Crippen LogP contribution in [0.3, 0.4) is 0 Å². The summed E-state index contributed by atoms with van der Waals surface area (Å²) < 4.78 is 26.5. The van der Waals surface area contributed by atoms with Crippen LogP contribution in [-0.2, 0) is 10.0 Å². The molecule has 0 bridgehead atoms. The Bertz CT molecular complexity index is 893. The molecule has 8 nitrogen and oxygen atoms in total. The minimum absolute atomic E-state index is 0.0641. The molecule has 0 fully saturated rings. The van der Waals surface area contributed by atoms with Crippen molar-refractivity contribution < 1.29 is 18.3 Å². The van der Waals surface area contributed by atoms with E-state index in [-0.39, 0.29) is 16.5 Å². The van der Waals surface area contributed by atoms with Crippen molar-refractivity contribution >= 4 is 33.0 Å². The Kier molecular flexibility index (Phi) is 2.91. The predicted octanol–water partition coefficient (Wildman–Crippen LogP) is 1.39. The fourth-order valence-corrected chi connectivity index (χ4v) is 2.80. The normalized spacial score (nSPS) is 11.6. The Hall–Kier alpha value is -2.81. The molecule has 0 unspecified atom stereocenters. The maximum absolute atomic E-state index is 12.1. The van der Waals surface area contributed by atoms with Crippen LogP contribution in [0.2, 0.25) is 0 Å². The number of para-hydroxylation sites is 2. The predicted molar refractivity (Wildman–Crippen MR) is 74.7 cm³/mol. The van der Waals surface area contributed by atoms with Gasteiger partial charge in [0.05, 0.1) is 11.0 Å². The molecule has 3 rings (SSSR count). The summed E-state index contributed by atoms with van der Waals surface area (Å²) in [5, 5.41) is 8.78. The highest BCUT2D eigenvalue weighted by Gasteiger charge is 2.19. The number of nitrogens with zero attached hydrogens (tertiary/aromatic N) is 1. The summed E-state index contributed by atoms with van der Waals surface area (Å²) in [4.78, 5) is 19.9. The molecule has 0 amide bonds. The molecule has 0 spiro atoms. The van der Waals surface area contributed by atoms with E-state index in [9.17, 15) is 13.2 Å². The first-order chi connectivity index (χ1) is 9.95. The maximum atomic E-state index is 12.1. The molecule has 3 aromatic rings. The smallest absolute Gasteiger partial charge is 0.352 e. The molecule has 2 aromatic heterocycles. The van der Waals surface area contributed by atoms with E-state index in [2.05, 4.69) is 19.7 Å². The average Bonchev–Trinajstić information content (AvgIpc) is 3.04. The van der Waals surface area contributed by atoms with Gasteiger partial charge in [0.1, 0.15) is 10.6 Å². The zero-order valence-electron chi connectivity index (χ0n) is 10.5. The Morgan fingerprint density at radius 2 is 2.05 bits per heavy atom. The highest BCUT2D eigenvalue weighted by molar-refractivity contribution is 7.92. The Morgan fingerprint density at radius 1 is 1.29 bits per heavy atom. The molecular weight excluding hydrogens is 296 g/mol. The van der Waals surface area contributed by atoms with Crippen molar-refractivity contribution in [2.45, 2.75) is 4.90 Å². The molecule has 108 valence electrons. The van der Waals surface area contributed by atoms with Crippen molar-refractivity contribution in [2.24, 2.45) is 0 Å². The van der Waals surface area contributed by atoms with Gasteiger partial charge in [0.15, 0.2) is 0 Å². The Labute approximate surface area is 118 Å². The van der Waals surface area contributed by atoms with Crippen molar-refractivity contribution in [3.63, 3.8) is 0 Å². The lowest BCUT2D eigenvalue weighted by atomic mass is 10.3. The van der Waals surface area contributed by atoms with Gasteiger partial charge in [-0.2, -0.15) is 0 Å². The lowest BCUT2D eigenvalue weighted by molar-refractivity contribution is 0.0691. The van der Waals surface area contributed by atoms with Crippen LogP contribution < -0.4 is 4.72 Å². The number of aromatic carboxylic acids is 1. The van der Waals surface area contributed by atoms with Crippen LogP contribution in [0.4, 0.5) is 5.95 Å². The molecule has 0 saturated carbocycles. The SMILES string of the molecule is O=C(O)c1cc(S(=O)(=O)Nc2nc3ccccc3[nH]2)c[nH]1. The number of carboxylic acids is 1.